The predicted octanol–water partition coefficient (Wildman–Crippen LogP) is 3.95. The molecule has 1 fully saturated rings. The van der Waals surface area contributed by atoms with E-state index in [2.05, 4.69) is 42.7 Å². The Hall–Kier alpha value is -3.03. The number of methoxy groups -OCH3 is 3. The van der Waals surface area contributed by atoms with Crippen LogP contribution >= 0.6 is 0 Å². The van der Waals surface area contributed by atoms with Crippen molar-refractivity contribution in [1.29, 1.82) is 0 Å². The second-order valence-electron chi connectivity index (χ2n) is 9.85. The lowest BCUT2D eigenvalue weighted by molar-refractivity contribution is -0.120. The zero-order valence-corrected chi connectivity index (χ0v) is 21.1. The molecule has 1 aromatic rings. The third kappa shape index (κ3) is 5.72. The van der Waals surface area contributed by atoms with Crippen molar-refractivity contribution >= 4 is 18.0 Å². The molecule has 2 N–H and O–H groups in total. The van der Waals surface area contributed by atoms with E-state index < -0.39 is 5.91 Å². The van der Waals surface area contributed by atoms with Crippen molar-refractivity contribution in [2.75, 3.05) is 27.9 Å². The molecule has 0 bridgehead atoms. The van der Waals surface area contributed by atoms with Crippen LogP contribution in [-0.2, 0) is 4.79 Å². The smallest absolute Gasteiger partial charge is 0.259 e. The molecule has 2 aliphatic carbocycles. The van der Waals surface area contributed by atoms with E-state index in [1.54, 1.807) is 5.57 Å². The zero-order valence-electron chi connectivity index (χ0n) is 21.1. The molecule has 1 aromatic carbocycles. The first-order valence-corrected chi connectivity index (χ1v) is 11.8. The Morgan fingerprint density at radius 1 is 1.15 bits per heavy atom. The van der Waals surface area contributed by atoms with Gasteiger partial charge in [-0.1, -0.05) is 32.4 Å². The molecule has 2 amide bonds. The summed E-state index contributed by atoms with van der Waals surface area (Å²) in [4.78, 5) is 24.8. The summed E-state index contributed by atoms with van der Waals surface area (Å²) in [5.74, 6) is 1.67. The fourth-order valence-electron chi connectivity index (χ4n) is 5.10. The minimum atomic E-state index is -0.432. The van der Waals surface area contributed by atoms with Crippen molar-refractivity contribution in [3.05, 3.63) is 29.3 Å². The van der Waals surface area contributed by atoms with Gasteiger partial charge < -0.3 is 19.5 Å². The first-order valence-electron chi connectivity index (χ1n) is 11.8. The van der Waals surface area contributed by atoms with Crippen LogP contribution in [0.2, 0.25) is 0 Å². The molecule has 0 aromatic heterocycles. The third-order valence-corrected chi connectivity index (χ3v) is 7.17. The summed E-state index contributed by atoms with van der Waals surface area (Å²) in [5.41, 5.74) is 4.73. The molecular weight excluding hydrogens is 434 g/mol. The third-order valence-electron chi connectivity index (χ3n) is 7.17. The molecule has 8 nitrogen and oxygen atoms in total. The number of benzene rings is 1. The first kappa shape index (κ1) is 25.6. The molecule has 2 aliphatic rings. The Morgan fingerprint density at radius 2 is 1.82 bits per heavy atom. The normalized spacial score (nSPS) is 23.5. The van der Waals surface area contributed by atoms with Gasteiger partial charge in [-0.25, -0.2) is 5.43 Å². The van der Waals surface area contributed by atoms with Crippen molar-refractivity contribution in [1.82, 2.24) is 10.7 Å². The largest absolute Gasteiger partial charge is 0.493 e. The maximum Gasteiger partial charge on any atom is 0.259 e. The SMILES string of the molecule is COc1cc(C(=O)NCC(=O)N/N=C/C2CC3C(=CCCC3(C)C)CC2C)cc(OC)c1OC. The van der Waals surface area contributed by atoms with Crippen LogP contribution in [0.1, 0.15) is 56.8 Å². The molecule has 0 heterocycles. The maximum absolute atomic E-state index is 12.6. The highest BCUT2D eigenvalue weighted by Crippen LogP contribution is 2.50. The van der Waals surface area contributed by atoms with E-state index in [1.807, 2.05) is 6.21 Å². The van der Waals surface area contributed by atoms with Gasteiger partial charge in [-0.3, -0.25) is 9.59 Å². The van der Waals surface area contributed by atoms with E-state index in [-0.39, 0.29) is 12.5 Å². The van der Waals surface area contributed by atoms with Crippen molar-refractivity contribution in [3.63, 3.8) is 0 Å². The number of amides is 2. The van der Waals surface area contributed by atoms with Crippen LogP contribution in [0.15, 0.2) is 28.9 Å². The number of nitrogens with one attached hydrogen (secondary N) is 2. The van der Waals surface area contributed by atoms with E-state index in [1.165, 1.54) is 46.3 Å². The standard InChI is InChI=1S/C26H37N3O5/c1-16-10-17-8-7-9-26(2,3)20(17)11-19(16)14-28-29-23(30)15-27-25(31)18-12-21(32-4)24(34-6)22(13-18)33-5/h8,12-14,16,19-20H,7,9-11,15H2,1-6H3,(H,27,31)(H,29,30)/b28-14+. The molecular formula is C26H37N3O5. The number of carbonyl (C=O) groups is 2. The predicted molar refractivity (Wildman–Crippen MR) is 132 cm³/mol. The van der Waals surface area contributed by atoms with Crippen molar-refractivity contribution in [2.24, 2.45) is 28.3 Å². The van der Waals surface area contributed by atoms with Crippen molar-refractivity contribution in [3.8, 4) is 17.2 Å². The highest BCUT2D eigenvalue weighted by molar-refractivity contribution is 5.97. The zero-order chi connectivity index (χ0) is 24.9. The van der Waals surface area contributed by atoms with Crippen molar-refractivity contribution in [2.45, 2.75) is 46.5 Å². The lowest BCUT2D eigenvalue weighted by Gasteiger charge is -2.46. The fourth-order valence-corrected chi connectivity index (χ4v) is 5.10. The van der Waals surface area contributed by atoms with Gasteiger partial charge in [0.25, 0.3) is 11.8 Å². The molecule has 3 atom stereocenters. The van der Waals surface area contributed by atoms with Gasteiger partial charge in [-0.15, -0.1) is 0 Å². The minimum Gasteiger partial charge on any atom is -0.493 e. The van der Waals surface area contributed by atoms with Gasteiger partial charge in [0, 0.05) is 11.8 Å². The summed E-state index contributed by atoms with van der Waals surface area (Å²) >= 11 is 0. The number of hydrogen-bond acceptors (Lipinski definition) is 6. The monoisotopic (exact) mass is 471 g/mol. The van der Waals surface area contributed by atoms with E-state index in [0.29, 0.717) is 46.0 Å². The lowest BCUT2D eigenvalue weighted by atomic mass is 9.59. The molecule has 186 valence electrons. The quantitative estimate of drug-likeness (QED) is 0.340. The summed E-state index contributed by atoms with van der Waals surface area (Å²) in [6, 6.07) is 3.07. The number of rotatable bonds is 8. The number of allylic oxidation sites excluding steroid dienone is 2. The molecule has 34 heavy (non-hydrogen) atoms. The summed E-state index contributed by atoms with van der Waals surface area (Å²) in [7, 11) is 4.44. The molecule has 0 saturated heterocycles. The average Bonchev–Trinajstić information content (AvgIpc) is 2.81. The molecule has 0 spiro atoms. The summed E-state index contributed by atoms with van der Waals surface area (Å²) in [5, 5.41) is 6.81. The number of hydrogen-bond donors (Lipinski definition) is 2. The number of carbonyl (C=O) groups excluding carboxylic acids is 2. The van der Waals surface area contributed by atoms with Gasteiger partial charge in [0.15, 0.2) is 11.5 Å². The number of fused-ring (bicyclic) bond motifs is 1. The Balaban J connectivity index is 1.54. The van der Waals surface area contributed by atoms with Crippen LogP contribution in [0.25, 0.3) is 0 Å². The lowest BCUT2D eigenvalue weighted by Crippen LogP contribution is -2.37. The Labute approximate surface area is 202 Å². The van der Waals surface area contributed by atoms with Gasteiger partial charge in [-0.2, -0.15) is 5.10 Å². The molecule has 0 radical (unpaired) electrons. The molecule has 3 rings (SSSR count). The van der Waals surface area contributed by atoms with Crippen LogP contribution < -0.4 is 25.0 Å². The van der Waals surface area contributed by atoms with E-state index in [0.717, 1.165) is 12.8 Å². The van der Waals surface area contributed by atoms with Crippen LogP contribution in [0.4, 0.5) is 0 Å². The molecule has 1 saturated carbocycles. The second kappa shape index (κ2) is 10.9. The summed E-state index contributed by atoms with van der Waals surface area (Å²) in [6.45, 7) is 6.75. The van der Waals surface area contributed by atoms with Crippen LogP contribution in [0.3, 0.4) is 0 Å². The topological polar surface area (TPSA) is 98.2 Å². The van der Waals surface area contributed by atoms with Crippen LogP contribution in [-0.4, -0.2) is 45.9 Å². The van der Waals surface area contributed by atoms with E-state index in [9.17, 15) is 9.59 Å². The fraction of sp³-hybridized carbons (Fsp3) is 0.577. The van der Waals surface area contributed by atoms with Gasteiger partial charge >= 0.3 is 0 Å². The molecule has 8 heteroatoms. The van der Waals surface area contributed by atoms with Crippen molar-refractivity contribution < 1.29 is 23.8 Å². The van der Waals surface area contributed by atoms with Gasteiger partial charge in [0.1, 0.15) is 0 Å². The summed E-state index contributed by atoms with van der Waals surface area (Å²) in [6.07, 6.45) is 8.81. The highest BCUT2D eigenvalue weighted by atomic mass is 16.5. The Morgan fingerprint density at radius 3 is 2.44 bits per heavy atom. The van der Waals surface area contributed by atoms with E-state index in [4.69, 9.17) is 14.2 Å². The first-order chi connectivity index (χ1) is 16.2. The maximum atomic E-state index is 12.6. The van der Waals surface area contributed by atoms with Crippen LogP contribution in [0, 0.1) is 23.2 Å². The second-order valence-corrected chi connectivity index (χ2v) is 9.85. The van der Waals surface area contributed by atoms with Gasteiger partial charge in [0.2, 0.25) is 5.75 Å². The van der Waals surface area contributed by atoms with Gasteiger partial charge in [-0.05, 0) is 61.0 Å². The number of nitrogens with zero attached hydrogens (tertiary/aromatic N) is 1. The Kier molecular flexibility index (Phi) is 8.23. The summed E-state index contributed by atoms with van der Waals surface area (Å²) < 4.78 is 15.8. The number of ether oxygens (including phenoxy) is 3. The molecule has 0 aliphatic heterocycles. The minimum absolute atomic E-state index is 0.199. The Bertz CT molecular complexity index is 944. The van der Waals surface area contributed by atoms with Crippen LogP contribution in [0.5, 0.6) is 17.2 Å². The number of hydrazone groups is 1. The van der Waals surface area contributed by atoms with E-state index >= 15 is 0 Å². The molecule has 3 unspecified atom stereocenters. The van der Waals surface area contributed by atoms with Gasteiger partial charge in [0.05, 0.1) is 27.9 Å². The highest BCUT2D eigenvalue weighted by Gasteiger charge is 2.40. The average molecular weight is 472 g/mol.